The van der Waals surface area contributed by atoms with Crippen molar-refractivity contribution < 1.29 is 9.13 Å². The molecule has 0 saturated carbocycles. The summed E-state index contributed by atoms with van der Waals surface area (Å²) < 4.78 is 19.1. The second kappa shape index (κ2) is 4.93. The lowest BCUT2D eigenvalue weighted by atomic mass is 10.1. The first kappa shape index (κ1) is 11.6. The molecule has 0 bridgehead atoms. The van der Waals surface area contributed by atoms with Gasteiger partial charge in [-0.2, -0.15) is 0 Å². The van der Waals surface area contributed by atoms with E-state index in [0.717, 1.165) is 18.7 Å². The Morgan fingerprint density at radius 1 is 1.25 bits per heavy atom. The average molecular weight is 223 g/mol. The summed E-state index contributed by atoms with van der Waals surface area (Å²) in [7, 11) is 0. The standard InChI is InChI=1S/C13H18FNO/c1-10-7-15(8-11(2)16-10)9-12-5-3-4-6-13(12)14/h3-6,10-11H,7-9H2,1-2H3/t10-,11?/m0/s1. The number of morpholine rings is 1. The monoisotopic (exact) mass is 223 g/mol. The summed E-state index contributed by atoms with van der Waals surface area (Å²) in [4.78, 5) is 2.25. The molecule has 1 saturated heterocycles. The summed E-state index contributed by atoms with van der Waals surface area (Å²) >= 11 is 0. The lowest BCUT2D eigenvalue weighted by Gasteiger charge is -2.35. The van der Waals surface area contributed by atoms with Gasteiger partial charge in [-0.1, -0.05) is 18.2 Å². The normalized spacial score (nSPS) is 26.9. The van der Waals surface area contributed by atoms with Crippen molar-refractivity contribution in [3.8, 4) is 0 Å². The van der Waals surface area contributed by atoms with E-state index in [4.69, 9.17) is 4.74 Å². The van der Waals surface area contributed by atoms with Crippen molar-refractivity contribution in [3.63, 3.8) is 0 Å². The largest absolute Gasteiger partial charge is 0.373 e. The van der Waals surface area contributed by atoms with E-state index in [0.29, 0.717) is 6.54 Å². The second-order valence-corrected chi connectivity index (χ2v) is 4.54. The highest BCUT2D eigenvalue weighted by Crippen LogP contribution is 2.15. The predicted octanol–water partition coefficient (Wildman–Crippen LogP) is 2.43. The highest BCUT2D eigenvalue weighted by Gasteiger charge is 2.22. The molecule has 0 aliphatic carbocycles. The van der Waals surface area contributed by atoms with Gasteiger partial charge < -0.3 is 4.74 Å². The maximum atomic E-state index is 13.5. The van der Waals surface area contributed by atoms with Gasteiger partial charge >= 0.3 is 0 Å². The first-order valence-electron chi connectivity index (χ1n) is 5.76. The van der Waals surface area contributed by atoms with E-state index in [1.807, 2.05) is 12.1 Å². The lowest BCUT2D eigenvalue weighted by molar-refractivity contribution is -0.0707. The van der Waals surface area contributed by atoms with Gasteiger partial charge in [0.25, 0.3) is 0 Å². The molecular weight excluding hydrogens is 205 g/mol. The van der Waals surface area contributed by atoms with Crippen molar-refractivity contribution in [2.24, 2.45) is 0 Å². The molecule has 3 heteroatoms. The first-order valence-corrected chi connectivity index (χ1v) is 5.76. The van der Waals surface area contributed by atoms with Gasteiger partial charge in [-0.05, 0) is 19.9 Å². The van der Waals surface area contributed by atoms with Crippen LogP contribution in [0.4, 0.5) is 4.39 Å². The van der Waals surface area contributed by atoms with Gasteiger partial charge in [0.05, 0.1) is 12.2 Å². The molecule has 2 nitrogen and oxygen atoms in total. The summed E-state index contributed by atoms with van der Waals surface area (Å²) in [6.07, 6.45) is 0.464. The van der Waals surface area contributed by atoms with Crippen LogP contribution < -0.4 is 0 Å². The van der Waals surface area contributed by atoms with Crippen LogP contribution >= 0.6 is 0 Å². The van der Waals surface area contributed by atoms with Crippen LogP contribution in [0.25, 0.3) is 0 Å². The summed E-state index contributed by atoms with van der Waals surface area (Å²) in [5.41, 5.74) is 0.767. The van der Waals surface area contributed by atoms with E-state index in [9.17, 15) is 4.39 Å². The fourth-order valence-electron chi connectivity index (χ4n) is 2.28. The number of hydrogen-bond acceptors (Lipinski definition) is 2. The van der Waals surface area contributed by atoms with Crippen LogP contribution in [-0.2, 0) is 11.3 Å². The minimum atomic E-state index is -0.116. The first-order chi connectivity index (χ1) is 7.65. The number of benzene rings is 1. The minimum Gasteiger partial charge on any atom is -0.373 e. The maximum absolute atomic E-state index is 13.5. The van der Waals surface area contributed by atoms with Crippen LogP contribution in [-0.4, -0.2) is 30.2 Å². The molecule has 1 fully saturated rings. The highest BCUT2D eigenvalue weighted by atomic mass is 19.1. The summed E-state index contributed by atoms with van der Waals surface area (Å²) in [5, 5.41) is 0. The van der Waals surface area contributed by atoms with Gasteiger partial charge in [0.1, 0.15) is 5.82 Å². The van der Waals surface area contributed by atoms with Crippen LogP contribution in [0.3, 0.4) is 0 Å². The topological polar surface area (TPSA) is 12.5 Å². The van der Waals surface area contributed by atoms with Gasteiger partial charge in [0.15, 0.2) is 0 Å². The number of halogens is 1. The molecule has 0 aromatic heterocycles. The van der Waals surface area contributed by atoms with Crippen molar-refractivity contribution in [3.05, 3.63) is 35.6 Å². The molecule has 0 N–H and O–H groups in total. The zero-order chi connectivity index (χ0) is 11.5. The fraction of sp³-hybridized carbons (Fsp3) is 0.538. The third kappa shape index (κ3) is 2.80. The molecule has 1 unspecified atom stereocenters. The molecule has 1 heterocycles. The van der Waals surface area contributed by atoms with E-state index in [-0.39, 0.29) is 18.0 Å². The van der Waals surface area contributed by atoms with Gasteiger partial charge in [-0.25, -0.2) is 4.39 Å². The van der Waals surface area contributed by atoms with Gasteiger partial charge in [0, 0.05) is 25.2 Å². The van der Waals surface area contributed by atoms with Crippen LogP contribution in [0.15, 0.2) is 24.3 Å². The van der Waals surface area contributed by atoms with Crippen LogP contribution in [0, 0.1) is 5.82 Å². The zero-order valence-corrected chi connectivity index (χ0v) is 9.82. The number of rotatable bonds is 2. The Kier molecular flexibility index (Phi) is 3.56. The molecule has 1 aromatic carbocycles. The molecule has 1 aliphatic rings. The Balaban J connectivity index is 2.02. The molecule has 16 heavy (non-hydrogen) atoms. The molecule has 1 aliphatic heterocycles. The molecule has 0 spiro atoms. The Morgan fingerprint density at radius 2 is 1.88 bits per heavy atom. The summed E-state index contributed by atoms with van der Waals surface area (Å²) in [6.45, 7) is 6.54. The SMILES string of the molecule is CC1CN(Cc2ccccc2F)C[C@H](C)O1. The van der Waals surface area contributed by atoms with E-state index < -0.39 is 0 Å². The lowest BCUT2D eigenvalue weighted by Crippen LogP contribution is -2.44. The van der Waals surface area contributed by atoms with Gasteiger partial charge in [-0.3, -0.25) is 4.90 Å². The molecule has 0 radical (unpaired) electrons. The van der Waals surface area contributed by atoms with Gasteiger partial charge in [-0.15, -0.1) is 0 Å². The summed E-state index contributed by atoms with van der Waals surface area (Å²) in [5.74, 6) is -0.116. The third-order valence-electron chi connectivity index (χ3n) is 2.85. The van der Waals surface area contributed by atoms with Crippen LogP contribution in [0.5, 0.6) is 0 Å². The molecule has 0 amide bonds. The number of nitrogens with zero attached hydrogens (tertiary/aromatic N) is 1. The second-order valence-electron chi connectivity index (χ2n) is 4.54. The van der Waals surface area contributed by atoms with E-state index in [1.165, 1.54) is 6.07 Å². The molecule has 2 rings (SSSR count). The zero-order valence-electron chi connectivity index (χ0n) is 9.82. The molecule has 1 aromatic rings. The van der Waals surface area contributed by atoms with Gasteiger partial charge in [0.2, 0.25) is 0 Å². The fourth-order valence-corrected chi connectivity index (χ4v) is 2.28. The quantitative estimate of drug-likeness (QED) is 0.763. The number of hydrogen-bond donors (Lipinski definition) is 0. The Bertz CT molecular complexity index is 346. The van der Waals surface area contributed by atoms with Crippen molar-refractivity contribution in [1.29, 1.82) is 0 Å². The minimum absolute atomic E-state index is 0.116. The maximum Gasteiger partial charge on any atom is 0.127 e. The predicted molar refractivity (Wildman–Crippen MR) is 61.7 cm³/mol. The Morgan fingerprint density at radius 3 is 2.50 bits per heavy atom. The average Bonchev–Trinajstić information content (AvgIpc) is 2.20. The van der Waals surface area contributed by atoms with Crippen LogP contribution in [0.1, 0.15) is 19.4 Å². The molecular formula is C13H18FNO. The van der Waals surface area contributed by atoms with E-state index >= 15 is 0 Å². The van der Waals surface area contributed by atoms with Crippen LogP contribution in [0.2, 0.25) is 0 Å². The number of ether oxygens (including phenoxy) is 1. The highest BCUT2D eigenvalue weighted by molar-refractivity contribution is 5.17. The van der Waals surface area contributed by atoms with Crippen molar-refractivity contribution >= 4 is 0 Å². The van der Waals surface area contributed by atoms with Crippen molar-refractivity contribution in [2.75, 3.05) is 13.1 Å². The smallest absolute Gasteiger partial charge is 0.127 e. The van der Waals surface area contributed by atoms with E-state index in [2.05, 4.69) is 18.7 Å². The van der Waals surface area contributed by atoms with Crippen molar-refractivity contribution in [2.45, 2.75) is 32.6 Å². The molecule has 88 valence electrons. The third-order valence-corrected chi connectivity index (χ3v) is 2.85. The Hall–Kier alpha value is -0.930. The molecule has 2 atom stereocenters. The Labute approximate surface area is 96.0 Å². The van der Waals surface area contributed by atoms with E-state index in [1.54, 1.807) is 6.07 Å². The summed E-state index contributed by atoms with van der Waals surface area (Å²) in [6, 6.07) is 6.97. The van der Waals surface area contributed by atoms with Crippen molar-refractivity contribution in [1.82, 2.24) is 4.90 Å².